The molecule has 3 nitrogen and oxygen atoms in total. The van der Waals surface area contributed by atoms with Gasteiger partial charge in [-0.15, -0.1) is 12.4 Å². The number of nitrogens with zero attached hydrogens (tertiary/aromatic N) is 1. The smallest absolute Gasteiger partial charge is 0.262 e. The molecule has 1 atom stereocenters. The van der Waals surface area contributed by atoms with E-state index in [1.807, 2.05) is 6.92 Å². The van der Waals surface area contributed by atoms with Crippen LogP contribution in [0, 0.1) is 0 Å². The summed E-state index contributed by atoms with van der Waals surface area (Å²) in [7, 11) is 1.64. The first-order valence-electron chi connectivity index (χ1n) is 4.82. The van der Waals surface area contributed by atoms with E-state index < -0.39 is 12.0 Å². The van der Waals surface area contributed by atoms with Crippen LogP contribution in [0.5, 0.6) is 0 Å². The van der Waals surface area contributed by atoms with Gasteiger partial charge in [0.15, 0.2) is 0 Å². The molecule has 1 rings (SSSR count). The highest BCUT2D eigenvalue weighted by Crippen LogP contribution is 2.25. The number of alkyl halides is 2. The summed E-state index contributed by atoms with van der Waals surface area (Å²) in [5.41, 5.74) is 0. The SMILES string of the molecule is CCCN(C)C(=O)C1CC(F)(F)CN1.Cl. The molecule has 15 heavy (non-hydrogen) atoms. The number of nitrogens with one attached hydrogen (secondary N) is 1. The lowest BCUT2D eigenvalue weighted by Crippen LogP contribution is -2.41. The van der Waals surface area contributed by atoms with E-state index in [0.29, 0.717) is 6.54 Å². The summed E-state index contributed by atoms with van der Waals surface area (Å²) in [6, 6.07) is -0.707. The van der Waals surface area contributed by atoms with E-state index in [4.69, 9.17) is 0 Å². The molecule has 1 fully saturated rings. The average molecular weight is 243 g/mol. The predicted molar refractivity (Wildman–Crippen MR) is 56.5 cm³/mol. The second-order valence-electron chi connectivity index (χ2n) is 3.75. The van der Waals surface area contributed by atoms with Crippen molar-refractivity contribution in [2.24, 2.45) is 0 Å². The number of carbonyl (C=O) groups excluding carboxylic acids is 1. The first-order valence-corrected chi connectivity index (χ1v) is 4.82. The monoisotopic (exact) mass is 242 g/mol. The van der Waals surface area contributed by atoms with Crippen LogP contribution in [-0.4, -0.2) is 42.9 Å². The van der Waals surface area contributed by atoms with Crippen molar-refractivity contribution in [3.05, 3.63) is 0 Å². The maximum atomic E-state index is 12.8. The fourth-order valence-electron chi connectivity index (χ4n) is 1.60. The zero-order valence-electron chi connectivity index (χ0n) is 8.93. The van der Waals surface area contributed by atoms with Gasteiger partial charge in [0.25, 0.3) is 5.92 Å². The maximum Gasteiger partial charge on any atom is 0.262 e. The highest BCUT2D eigenvalue weighted by atomic mass is 35.5. The number of hydrogen-bond donors (Lipinski definition) is 1. The van der Waals surface area contributed by atoms with Crippen LogP contribution in [0.15, 0.2) is 0 Å². The van der Waals surface area contributed by atoms with Gasteiger partial charge >= 0.3 is 0 Å². The Labute approximate surface area is 94.6 Å². The first kappa shape index (κ1) is 14.6. The molecule has 0 aromatic rings. The molecule has 0 radical (unpaired) electrons. The number of hydrogen-bond acceptors (Lipinski definition) is 2. The minimum atomic E-state index is -2.73. The van der Waals surface area contributed by atoms with E-state index in [1.54, 1.807) is 7.05 Å². The quantitative estimate of drug-likeness (QED) is 0.809. The average Bonchev–Trinajstić information content (AvgIpc) is 2.45. The van der Waals surface area contributed by atoms with Crippen molar-refractivity contribution in [2.75, 3.05) is 20.1 Å². The second-order valence-corrected chi connectivity index (χ2v) is 3.75. The highest BCUT2D eigenvalue weighted by Gasteiger charge is 2.42. The number of rotatable bonds is 3. The molecule has 0 bridgehead atoms. The Hall–Kier alpha value is -0.420. The number of halogens is 3. The van der Waals surface area contributed by atoms with Crippen LogP contribution in [0.4, 0.5) is 8.78 Å². The summed E-state index contributed by atoms with van der Waals surface area (Å²) in [4.78, 5) is 13.1. The van der Waals surface area contributed by atoms with E-state index >= 15 is 0 Å². The summed E-state index contributed by atoms with van der Waals surface area (Å²) in [5.74, 6) is -2.96. The van der Waals surface area contributed by atoms with Crippen LogP contribution >= 0.6 is 12.4 Å². The van der Waals surface area contributed by atoms with Gasteiger partial charge in [0.1, 0.15) is 0 Å². The molecule has 1 heterocycles. The van der Waals surface area contributed by atoms with Crippen molar-refractivity contribution >= 4 is 18.3 Å². The third kappa shape index (κ3) is 3.91. The Morgan fingerprint density at radius 3 is 2.60 bits per heavy atom. The van der Waals surface area contributed by atoms with Crippen LogP contribution in [-0.2, 0) is 4.79 Å². The van der Waals surface area contributed by atoms with Crippen molar-refractivity contribution in [3.63, 3.8) is 0 Å². The van der Waals surface area contributed by atoms with Crippen LogP contribution in [0.3, 0.4) is 0 Å². The minimum absolute atomic E-state index is 0. The van der Waals surface area contributed by atoms with Gasteiger partial charge in [-0.2, -0.15) is 0 Å². The van der Waals surface area contributed by atoms with Gasteiger partial charge in [0.2, 0.25) is 5.91 Å². The van der Waals surface area contributed by atoms with E-state index in [0.717, 1.165) is 6.42 Å². The molecule has 1 aliphatic heterocycles. The van der Waals surface area contributed by atoms with Crippen LogP contribution in [0.25, 0.3) is 0 Å². The van der Waals surface area contributed by atoms with Crippen LogP contribution in [0.1, 0.15) is 19.8 Å². The van der Waals surface area contributed by atoms with Crippen molar-refractivity contribution in [1.29, 1.82) is 0 Å². The summed E-state index contributed by atoms with van der Waals surface area (Å²) < 4.78 is 25.5. The number of amides is 1. The molecule has 1 saturated heterocycles. The standard InChI is InChI=1S/C9H16F2N2O.ClH/c1-3-4-13(2)8(14)7-5-9(10,11)6-12-7;/h7,12H,3-6H2,1-2H3;1H. The van der Waals surface area contributed by atoms with Gasteiger partial charge in [0, 0.05) is 20.0 Å². The van der Waals surface area contributed by atoms with Crippen molar-refractivity contribution in [2.45, 2.75) is 31.7 Å². The molecule has 1 aliphatic rings. The van der Waals surface area contributed by atoms with Crippen molar-refractivity contribution in [3.8, 4) is 0 Å². The molecular formula is C9H17ClF2N2O. The zero-order valence-corrected chi connectivity index (χ0v) is 9.74. The lowest BCUT2D eigenvalue weighted by Gasteiger charge is -2.20. The Balaban J connectivity index is 0.00000196. The van der Waals surface area contributed by atoms with Crippen LogP contribution < -0.4 is 5.32 Å². The third-order valence-corrected chi connectivity index (χ3v) is 2.34. The largest absolute Gasteiger partial charge is 0.344 e. The summed E-state index contributed by atoms with van der Waals surface area (Å²) >= 11 is 0. The minimum Gasteiger partial charge on any atom is -0.344 e. The van der Waals surface area contributed by atoms with E-state index in [9.17, 15) is 13.6 Å². The second kappa shape index (κ2) is 5.61. The lowest BCUT2D eigenvalue weighted by molar-refractivity contribution is -0.132. The van der Waals surface area contributed by atoms with Crippen LogP contribution in [0.2, 0.25) is 0 Å². The normalized spacial score (nSPS) is 23.3. The molecule has 90 valence electrons. The topological polar surface area (TPSA) is 32.3 Å². The molecule has 1 N–H and O–H groups in total. The van der Waals surface area contributed by atoms with E-state index in [1.165, 1.54) is 4.90 Å². The number of likely N-dealkylation sites (N-methyl/N-ethyl adjacent to an activating group) is 1. The van der Waals surface area contributed by atoms with Gasteiger partial charge in [-0.05, 0) is 6.42 Å². The molecule has 1 unspecified atom stereocenters. The van der Waals surface area contributed by atoms with Gasteiger partial charge in [-0.1, -0.05) is 6.92 Å². The van der Waals surface area contributed by atoms with E-state index in [2.05, 4.69) is 5.32 Å². The van der Waals surface area contributed by atoms with E-state index in [-0.39, 0.29) is 31.3 Å². The Morgan fingerprint density at radius 1 is 1.60 bits per heavy atom. The lowest BCUT2D eigenvalue weighted by atomic mass is 10.1. The molecule has 0 spiro atoms. The van der Waals surface area contributed by atoms with Crippen molar-refractivity contribution < 1.29 is 13.6 Å². The van der Waals surface area contributed by atoms with Gasteiger partial charge in [0.05, 0.1) is 12.6 Å². The predicted octanol–water partition coefficient (Wildman–Crippen LogP) is 1.27. The molecule has 0 aromatic heterocycles. The molecule has 0 saturated carbocycles. The van der Waals surface area contributed by atoms with Gasteiger partial charge < -0.3 is 4.90 Å². The Morgan fingerprint density at radius 2 is 2.20 bits per heavy atom. The fraction of sp³-hybridized carbons (Fsp3) is 0.889. The fourth-order valence-corrected chi connectivity index (χ4v) is 1.60. The molecule has 0 aromatic carbocycles. The molecule has 1 amide bonds. The Bertz CT molecular complexity index is 226. The summed E-state index contributed by atoms with van der Waals surface area (Å²) in [5, 5.41) is 2.54. The molecule has 6 heteroatoms. The van der Waals surface area contributed by atoms with Crippen molar-refractivity contribution in [1.82, 2.24) is 10.2 Å². The first-order chi connectivity index (χ1) is 6.46. The highest BCUT2D eigenvalue weighted by molar-refractivity contribution is 5.85. The Kier molecular flexibility index (Phi) is 5.45. The van der Waals surface area contributed by atoms with Gasteiger partial charge in [-0.3, -0.25) is 10.1 Å². The summed E-state index contributed by atoms with van der Waals surface area (Å²) in [6.07, 6.45) is 0.464. The molecular weight excluding hydrogens is 226 g/mol. The maximum absolute atomic E-state index is 12.8. The summed E-state index contributed by atoms with van der Waals surface area (Å²) in [6.45, 7) is 2.17. The third-order valence-electron chi connectivity index (χ3n) is 2.34. The number of carbonyl (C=O) groups is 1. The van der Waals surface area contributed by atoms with Gasteiger partial charge in [-0.25, -0.2) is 8.78 Å². The molecule has 0 aliphatic carbocycles. The zero-order chi connectivity index (χ0) is 10.8.